The van der Waals surface area contributed by atoms with Crippen molar-refractivity contribution in [1.29, 1.82) is 0 Å². The van der Waals surface area contributed by atoms with Crippen LogP contribution in [-0.4, -0.2) is 68.9 Å². The molecule has 1 aromatic heterocycles. The maximum atomic E-state index is 12.1. The Bertz CT molecular complexity index is 720. The Morgan fingerprint density at radius 2 is 1.85 bits per heavy atom. The molecule has 1 amide bonds. The van der Waals surface area contributed by atoms with Crippen LogP contribution >= 0.6 is 0 Å². The van der Waals surface area contributed by atoms with E-state index in [0.717, 1.165) is 32.1 Å². The zero-order chi connectivity index (χ0) is 18.9. The number of rotatable bonds is 8. The van der Waals surface area contributed by atoms with E-state index in [2.05, 4.69) is 20.2 Å². The summed E-state index contributed by atoms with van der Waals surface area (Å²) in [4.78, 5) is 24.1. The Hall–Kier alpha value is -2.87. The first-order valence-electron chi connectivity index (χ1n) is 9.14. The molecule has 2 N–H and O–H groups in total. The van der Waals surface area contributed by atoms with Crippen molar-refractivity contribution in [1.82, 2.24) is 15.3 Å². The highest BCUT2D eigenvalue weighted by Gasteiger charge is 2.23. The Kier molecular flexibility index (Phi) is 6.81. The summed E-state index contributed by atoms with van der Waals surface area (Å²) in [6, 6.07) is 9.28. The number of nitrogens with one attached hydrogen (secondary N) is 2. The van der Waals surface area contributed by atoms with Crippen molar-refractivity contribution in [3.63, 3.8) is 0 Å². The van der Waals surface area contributed by atoms with Gasteiger partial charge in [-0.3, -0.25) is 4.79 Å². The normalized spacial score (nSPS) is 14.6. The molecule has 1 aromatic carbocycles. The van der Waals surface area contributed by atoms with Crippen molar-refractivity contribution < 1.29 is 19.2 Å². The summed E-state index contributed by atoms with van der Waals surface area (Å²) < 4.78 is 10.9. The summed E-state index contributed by atoms with van der Waals surface area (Å²) in [5, 5.41) is 2.92. The van der Waals surface area contributed by atoms with Crippen molar-refractivity contribution in [2.24, 2.45) is 0 Å². The maximum absolute atomic E-state index is 12.1. The number of amides is 1. The van der Waals surface area contributed by atoms with Gasteiger partial charge in [-0.1, -0.05) is 12.1 Å². The molecule has 0 radical (unpaired) electrons. The highest BCUT2D eigenvalue weighted by Crippen LogP contribution is 2.25. The second kappa shape index (κ2) is 9.72. The van der Waals surface area contributed by atoms with Gasteiger partial charge in [0, 0.05) is 12.4 Å². The first-order valence-corrected chi connectivity index (χ1v) is 9.14. The Labute approximate surface area is 159 Å². The van der Waals surface area contributed by atoms with E-state index in [1.165, 1.54) is 4.90 Å². The van der Waals surface area contributed by atoms with Crippen molar-refractivity contribution in [3.05, 3.63) is 42.7 Å². The number of ether oxygens (including phenoxy) is 2. The van der Waals surface area contributed by atoms with Gasteiger partial charge in [0.1, 0.15) is 6.61 Å². The van der Waals surface area contributed by atoms with Gasteiger partial charge in [0.2, 0.25) is 5.95 Å². The molecule has 0 spiro atoms. The summed E-state index contributed by atoms with van der Waals surface area (Å²) in [6.07, 6.45) is 3.50. The van der Waals surface area contributed by atoms with Gasteiger partial charge in [-0.2, -0.15) is 0 Å². The number of benzene rings is 1. The van der Waals surface area contributed by atoms with Crippen molar-refractivity contribution >= 4 is 11.9 Å². The first-order chi connectivity index (χ1) is 13.3. The second-order valence-electron chi connectivity index (χ2n) is 6.31. The summed E-state index contributed by atoms with van der Waals surface area (Å²) in [6.45, 7) is 4.83. The molecule has 27 heavy (non-hydrogen) atoms. The molecule has 3 rings (SSSR count). The standard InChI is InChI=1S/C19H25N5O3/c1-26-16-5-2-3-6-17(16)27-14-9-20-18(25)15-23-10-12-24(13-11-23)19-21-7-4-8-22-19/h2-8H,9-15H2,1H3,(H,20,25)/p+1. The van der Waals surface area contributed by atoms with Gasteiger partial charge >= 0.3 is 0 Å². The number of para-hydroxylation sites is 2. The molecule has 1 fully saturated rings. The number of methoxy groups -OCH3 is 1. The topological polar surface area (TPSA) is 81.0 Å². The second-order valence-corrected chi connectivity index (χ2v) is 6.31. The third-order valence-electron chi connectivity index (χ3n) is 4.47. The molecular weight excluding hydrogens is 346 g/mol. The number of quaternary nitrogens is 1. The lowest BCUT2D eigenvalue weighted by Crippen LogP contribution is -3.16. The van der Waals surface area contributed by atoms with Crippen LogP contribution in [0.1, 0.15) is 0 Å². The summed E-state index contributed by atoms with van der Waals surface area (Å²) in [7, 11) is 1.61. The molecule has 8 nitrogen and oxygen atoms in total. The number of piperazine rings is 1. The molecule has 0 aliphatic carbocycles. The smallest absolute Gasteiger partial charge is 0.275 e. The van der Waals surface area contributed by atoms with E-state index < -0.39 is 0 Å². The van der Waals surface area contributed by atoms with E-state index in [0.29, 0.717) is 31.2 Å². The average Bonchev–Trinajstić information content (AvgIpc) is 2.73. The zero-order valence-corrected chi connectivity index (χ0v) is 15.6. The lowest BCUT2D eigenvalue weighted by atomic mass is 10.3. The number of nitrogens with zero attached hydrogens (tertiary/aromatic N) is 3. The molecule has 0 atom stereocenters. The Morgan fingerprint density at radius 3 is 2.56 bits per heavy atom. The molecule has 144 valence electrons. The van der Waals surface area contributed by atoms with Crippen LogP contribution in [0, 0.1) is 0 Å². The molecule has 0 saturated carbocycles. The lowest BCUT2D eigenvalue weighted by Gasteiger charge is -2.31. The molecule has 1 saturated heterocycles. The quantitative estimate of drug-likeness (QED) is 0.602. The van der Waals surface area contributed by atoms with Crippen LogP contribution in [0.2, 0.25) is 0 Å². The summed E-state index contributed by atoms with van der Waals surface area (Å²) in [5.74, 6) is 2.17. The number of anilines is 1. The molecule has 0 bridgehead atoms. The molecule has 2 aromatic rings. The highest BCUT2D eigenvalue weighted by molar-refractivity contribution is 5.76. The van der Waals surface area contributed by atoms with E-state index in [1.807, 2.05) is 30.3 Å². The largest absolute Gasteiger partial charge is 0.493 e. The number of hydrogen-bond donors (Lipinski definition) is 2. The van der Waals surface area contributed by atoms with E-state index in [9.17, 15) is 4.79 Å². The van der Waals surface area contributed by atoms with Gasteiger partial charge in [0.15, 0.2) is 18.0 Å². The van der Waals surface area contributed by atoms with Crippen LogP contribution in [-0.2, 0) is 4.79 Å². The average molecular weight is 372 g/mol. The van der Waals surface area contributed by atoms with Gasteiger partial charge in [-0.05, 0) is 18.2 Å². The molecule has 0 unspecified atom stereocenters. The number of hydrogen-bond acceptors (Lipinski definition) is 6. The molecular formula is C19H26N5O3+. The van der Waals surface area contributed by atoms with Crippen molar-refractivity contribution in [3.8, 4) is 11.5 Å². The number of carbonyl (C=O) groups is 1. The fraction of sp³-hybridized carbons (Fsp3) is 0.421. The van der Waals surface area contributed by atoms with Crippen molar-refractivity contribution in [2.75, 3.05) is 57.9 Å². The monoisotopic (exact) mass is 372 g/mol. The van der Waals surface area contributed by atoms with Gasteiger partial charge in [0.05, 0.1) is 39.8 Å². The fourth-order valence-corrected chi connectivity index (χ4v) is 3.03. The predicted octanol–water partition coefficient (Wildman–Crippen LogP) is -0.615. The number of aromatic nitrogens is 2. The lowest BCUT2D eigenvalue weighted by molar-refractivity contribution is -0.892. The summed E-state index contributed by atoms with van der Waals surface area (Å²) >= 11 is 0. The SMILES string of the molecule is COc1ccccc1OCCNC(=O)C[NH+]1CCN(c2ncccn2)CC1. The minimum atomic E-state index is 0.0398. The Balaban J connectivity index is 1.33. The van der Waals surface area contributed by atoms with Crippen LogP contribution < -0.4 is 24.6 Å². The third-order valence-corrected chi connectivity index (χ3v) is 4.47. The van der Waals surface area contributed by atoms with Crippen LogP contribution in [0.25, 0.3) is 0 Å². The van der Waals surface area contributed by atoms with Crippen molar-refractivity contribution in [2.45, 2.75) is 0 Å². The zero-order valence-electron chi connectivity index (χ0n) is 15.6. The molecule has 1 aliphatic rings. The van der Waals surface area contributed by atoms with Gasteiger partial charge < -0.3 is 24.6 Å². The Morgan fingerprint density at radius 1 is 1.15 bits per heavy atom. The van der Waals surface area contributed by atoms with Gasteiger partial charge in [-0.15, -0.1) is 0 Å². The minimum Gasteiger partial charge on any atom is -0.493 e. The van der Waals surface area contributed by atoms with Gasteiger partial charge in [0.25, 0.3) is 5.91 Å². The fourth-order valence-electron chi connectivity index (χ4n) is 3.03. The van der Waals surface area contributed by atoms with Crippen LogP contribution in [0.5, 0.6) is 11.5 Å². The number of carbonyl (C=O) groups excluding carboxylic acids is 1. The van der Waals surface area contributed by atoms with Crippen LogP contribution in [0.4, 0.5) is 5.95 Å². The van der Waals surface area contributed by atoms with E-state index in [4.69, 9.17) is 9.47 Å². The van der Waals surface area contributed by atoms with E-state index >= 15 is 0 Å². The van der Waals surface area contributed by atoms with E-state index in [1.54, 1.807) is 19.5 Å². The molecule has 2 heterocycles. The van der Waals surface area contributed by atoms with Crippen LogP contribution in [0.3, 0.4) is 0 Å². The first kappa shape index (κ1) is 18.9. The minimum absolute atomic E-state index is 0.0398. The van der Waals surface area contributed by atoms with Crippen LogP contribution in [0.15, 0.2) is 42.7 Å². The van der Waals surface area contributed by atoms with E-state index in [-0.39, 0.29) is 5.91 Å². The summed E-state index contributed by atoms with van der Waals surface area (Å²) in [5.41, 5.74) is 0. The highest BCUT2D eigenvalue weighted by atomic mass is 16.5. The third kappa shape index (κ3) is 5.55. The van der Waals surface area contributed by atoms with Gasteiger partial charge in [-0.25, -0.2) is 9.97 Å². The maximum Gasteiger partial charge on any atom is 0.275 e. The molecule has 8 heteroatoms. The predicted molar refractivity (Wildman–Crippen MR) is 101 cm³/mol. The molecule has 1 aliphatic heterocycles.